The van der Waals surface area contributed by atoms with E-state index in [1.54, 1.807) is 32.4 Å². The molecule has 0 amide bonds. The Hall–Kier alpha value is -4.10. The topological polar surface area (TPSA) is 134 Å². The van der Waals surface area contributed by atoms with Crippen LogP contribution in [0.4, 0.5) is 20.3 Å². The molecule has 4 aromatic rings. The Morgan fingerprint density at radius 2 is 2.05 bits per heavy atom. The summed E-state index contributed by atoms with van der Waals surface area (Å²) in [4.78, 5) is 17.2. The quantitative estimate of drug-likeness (QED) is 0.315. The zero-order valence-electron chi connectivity index (χ0n) is 20.2. The van der Waals surface area contributed by atoms with Crippen LogP contribution in [0.25, 0.3) is 10.9 Å². The van der Waals surface area contributed by atoms with Crippen molar-refractivity contribution in [2.45, 2.75) is 23.8 Å². The van der Waals surface area contributed by atoms with E-state index >= 15 is 4.39 Å². The molecule has 4 heterocycles. The number of fused-ring (bicyclic) bond motifs is 2. The lowest BCUT2D eigenvalue weighted by Gasteiger charge is -2.34. The van der Waals surface area contributed by atoms with Crippen molar-refractivity contribution < 1.29 is 22.8 Å². The Morgan fingerprint density at radius 1 is 1.18 bits per heavy atom. The molecule has 0 bridgehead atoms. The maximum absolute atomic E-state index is 15.2. The molecule has 10 nitrogen and oxygen atoms in total. The summed E-state index contributed by atoms with van der Waals surface area (Å²) in [5, 5.41) is 7.78. The number of nitrogens with one attached hydrogen (secondary N) is 1. The number of amidine groups is 1. The molecule has 3 aromatic heterocycles. The van der Waals surface area contributed by atoms with Gasteiger partial charge in [0.15, 0.2) is 29.2 Å². The fourth-order valence-corrected chi connectivity index (χ4v) is 5.92. The number of aromatic nitrogens is 4. The third kappa shape index (κ3) is 4.13. The number of rotatable bonds is 8. The first-order valence-electron chi connectivity index (χ1n) is 11.5. The van der Waals surface area contributed by atoms with Gasteiger partial charge in [0.1, 0.15) is 16.8 Å². The van der Waals surface area contributed by atoms with Crippen molar-refractivity contribution in [3.05, 3.63) is 77.7 Å². The minimum Gasteiger partial charge on any atom is -0.484 e. The molecule has 2 aliphatic rings. The molecule has 0 fully saturated rings. The van der Waals surface area contributed by atoms with E-state index in [1.807, 2.05) is 6.08 Å². The van der Waals surface area contributed by atoms with E-state index in [9.17, 15) is 4.39 Å². The van der Waals surface area contributed by atoms with Crippen molar-refractivity contribution >= 4 is 39.3 Å². The number of aliphatic imine (C=N–C) groups is 1. The highest BCUT2D eigenvalue weighted by Crippen LogP contribution is 2.60. The zero-order valence-corrected chi connectivity index (χ0v) is 21.1. The van der Waals surface area contributed by atoms with Crippen LogP contribution in [0.5, 0.6) is 5.75 Å². The van der Waals surface area contributed by atoms with Gasteiger partial charge in [0.25, 0.3) is 0 Å². The van der Waals surface area contributed by atoms with E-state index in [4.69, 9.17) is 19.7 Å². The molecule has 0 radical (unpaired) electrons. The predicted octanol–water partition coefficient (Wildman–Crippen LogP) is 4.22. The van der Waals surface area contributed by atoms with Crippen molar-refractivity contribution in [1.82, 2.24) is 20.1 Å². The zero-order chi connectivity index (χ0) is 26.5. The second-order valence-corrected chi connectivity index (χ2v) is 10.3. The third-order valence-electron chi connectivity index (χ3n) is 6.42. The summed E-state index contributed by atoms with van der Waals surface area (Å²) in [5.41, 5.74) is 6.58. The molecule has 1 aliphatic carbocycles. The lowest BCUT2D eigenvalue weighted by atomic mass is 9.86. The van der Waals surface area contributed by atoms with Crippen molar-refractivity contribution in [1.29, 1.82) is 0 Å². The van der Waals surface area contributed by atoms with Gasteiger partial charge in [-0.25, -0.2) is 23.7 Å². The molecule has 0 spiro atoms. The van der Waals surface area contributed by atoms with Gasteiger partial charge in [0.2, 0.25) is 12.2 Å². The van der Waals surface area contributed by atoms with Gasteiger partial charge in [-0.05, 0) is 30.7 Å². The first-order valence-corrected chi connectivity index (χ1v) is 12.3. The average molecular weight is 538 g/mol. The summed E-state index contributed by atoms with van der Waals surface area (Å²) in [5.74, 6) is -0.773. The van der Waals surface area contributed by atoms with E-state index in [-0.39, 0.29) is 23.0 Å². The maximum Gasteiger partial charge on any atom is 0.213 e. The number of anilines is 2. The number of nitrogens with zero attached hydrogens (tertiary/aromatic N) is 5. The van der Waals surface area contributed by atoms with Crippen LogP contribution in [-0.4, -0.2) is 43.7 Å². The summed E-state index contributed by atoms with van der Waals surface area (Å²) in [7, 11) is 1.58. The summed E-state index contributed by atoms with van der Waals surface area (Å²) < 4.78 is 45.3. The molecule has 3 N–H and O–H groups in total. The van der Waals surface area contributed by atoms with Gasteiger partial charge in [-0.1, -0.05) is 23.0 Å². The van der Waals surface area contributed by atoms with Crippen molar-refractivity contribution in [2.24, 2.45) is 10.7 Å². The van der Waals surface area contributed by atoms with Crippen LogP contribution >= 0.6 is 11.8 Å². The third-order valence-corrected chi connectivity index (χ3v) is 7.54. The van der Waals surface area contributed by atoms with Crippen LogP contribution in [0.2, 0.25) is 0 Å². The van der Waals surface area contributed by atoms with Crippen LogP contribution in [0.3, 0.4) is 0 Å². The standard InChI is InChI=1S/C25H21F2N7O3S/c1-24(18-8-25(18,11-35-2)38-23(28)33-24)16-6-14(7-17(26)20(16)27)32-22-21-13(3-4-29-22)5-15(9-30-21)36-10-19-31-12-37-34-19/h3-9,12H,10-11H2,1-2H3,(H2,28,33)(H,29,32)/t24-,25-/m1/s1. The second-order valence-electron chi connectivity index (χ2n) is 8.99. The largest absolute Gasteiger partial charge is 0.484 e. The summed E-state index contributed by atoms with van der Waals surface area (Å²) >= 11 is 1.34. The highest BCUT2D eigenvalue weighted by atomic mass is 32.2. The Bertz CT molecular complexity index is 1610. The van der Waals surface area contributed by atoms with Gasteiger partial charge >= 0.3 is 0 Å². The number of halogens is 2. The van der Waals surface area contributed by atoms with Gasteiger partial charge in [-0.2, -0.15) is 4.98 Å². The number of methoxy groups -OCH3 is 1. The number of nitrogens with two attached hydrogens (primary N) is 1. The van der Waals surface area contributed by atoms with E-state index in [0.717, 1.165) is 17.0 Å². The minimum atomic E-state index is -1.19. The fourth-order valence-electron chi connectivity index (χ4n) is 4.66. The number of hydrogen-bond donors (Lipinski definition) is 2. The van der Waals surface area contributed by atoms with Crippen molar-refractivity contribution in [2.75, 3.05) is 19.0 Å². The number of ether oxygens (including phenoxy) is 2. The van der Waals surface area contributed by atoms with Gasteiger partial charge in [0.05, 0.1) is 17.6 Å². The fraction of sp³-hybridized carbons (Fsp3) is 0.240. The number of hydrogen-bond acceptors (Lipinski definition) is 11. The van der Waals surface area contributed by atoms with E-state index in [2.05, 4.69) is 30.4 Å². The molecule has 0 unspecified atom stereocenters. The number of benzene rings is 1. The van der Waals surface area contributed by atoms with Crippen molar-refractivity contribution in [3.63, 3.8) is 0 Å². The number of thioether (sulfide) groups is 1. The van der Waals surface area contributed by atoms with Gasteiger partial charge in [-0.3, -0.25) is 0 Å². The minimum absolute atomic E-state index is 0.0535. The molecule has 38 heavy (non-hydrogen) atoms. The van der Waals surface area contributed by atoms with Gasteiger partial charge in [-0.15, -0.1) is 0 Å². The molecule has 2 atom stereocenters. The lowest BCUT2D eigenvalue weighted by Crippen LogP contribution is -2.37. The molecule has 0 saturated carbocycles. The lowest BCUT2D eigenvalue weighted by molar-refractivity contribution is 0.196. The maximum atomic E-state index is 15.2. The van der Waals surface area contributed by atoms with Crippen LogP contribution in [0.1, 0.15) is 18.3 Å². The molecular weight excluding hydrogens is 516 g/mol. The summed E-state index contributed by atoms with van der Waals surface area (Å²) in [6, 6.07) is 6.13. The van der Waals surface area contributed by atoms with E-state index in [1.165, 1.54) is 30.4 Å². The molecule has 1 aromatic carbocycles. The summed E-state index contributed by atoms with van der Waals surface area (Å²) in [6.45, 7) is 2.19. The Balaban J connectivity index is 1.32. The Morgan fingerprint density at radius 3 is 2.84 bits per heavy atom. The Kier molecular flexibility index (Phi) is 5.76. The molecule has 13 heteroatoms. The van der Waals surface area contributed by atoms with Gasteiger partial charge in [0, 0.05) is 36.0 Å². The van der Waals surface area contributed by atoms with Gasteiger partial charge < -0.3 is 25.0 Å². The molecule has 6 rings (SSSR count). The predicted molar refractivity (Wildman–Crippen MR) is 137 cm³/mol. The molecule has 1 aliphatic heterocycles. The second kappa shape index (κ2) is 9.03. The SMILES string of the molecule is COC[C@]12C=C1[C@@](C)(c1cc(Nc3nccc4cc(OCc5ncon5)cnc34)cc(F)c1F)N=C(N)S2. The van der Waals surface area contributed by atoms with Crippen LogP contribution < -0.4 is 15.8 Å². The monoisotopic (exact) mass is 537 g/mol. The highest BCUT2D eigenvalue weighted by Gasteiger charge is 2.58. The normalized spacial score (nSPS) is 22.0. The smallest absolute Gasteiger partial charge is 0.213 e. The van der Waals surface area contributed by atoms with Crippen LogP contribution in [0, 0.1) is 11.6 Å². The molecule has 194 valence electrons. The van der Waals surface area contributed by atoms with Crippen LogP contribution in [0.15, 0.2) is 64.2 Å². The average Bonchev–Trinajstić information content (AvgIpc) is 3.36. The van der Waals surface area contributed by atoms with E-state index < -0.39 is 21.9 Å². The van der Waals surface area contributed by atoms with Crippen molar-refractivity contribution in [3.8, 4) is 5.75 Å². The highest BCUT2D eigenvalue weighted by molar-refractivity contribution is 8.15. The first kappa shape index (κ1) is 24.2. The first-order chi connectivity index (χ1) is 18.3. The summed E-state index contributed by atoms with van der Waals surface area (Å²) in [6.07, 6.45) is 6.27. The van der Waals surface area contributed by atoms with Crippen LogP contribution in [-0.2, 0) is 16.9 Å². The molecular formula is C25H21F2N7O3S. The number of pyridine rings is 2. The van der Waals surface area contributed by atoms with E-state index in [0.29, 0.717) is 29.5 Å². The Labute approximate surface area is 219 Å². The molecule has 0 saturated heterocycles.